The number of benzene rings is 3. The molecule has 0 saturated carbocycles. The number of esters is 6. The number of ether oxygens (including phenoxy) is 3. The maximum Gasteiger partial charge on any atom is 3.00 e. The molecule has 3 aromatic carbocycles. The summed E-state index contributed by atoms with van der Waals surface area (Å²) in [6.45, 7) is 3.17. The van der Waals surface area contributed by atoms with Gasteiger partial charge in [0.05, 0.1) is 34.6 Å². The quantitative estimate of drug-likeness (QED) is 0.135. The molecule has 0 aliphatic rings. The molecule has 0 unspecified atom stereocenters. The molecule has 0 aliphatic carbocycles. The Balaban J connectivity index is 0.000000653. The van der Waals surface area contributed by atoms with Gasteiger partial charge in [-0.15, -0.1) is 0 Å². The van der Waals surface area contributed by atoms with E-state index in [1.54, 1.807) is 0 Å². The molecule has 15 nitrogen and oxygen atoms in total. The number of rotatable bonds is 6. The summed E-state index contributed by atoms with van der Waals surface area (Å²) in [6, 6.07) is 16.0. The van der Waals surface area contributed by atoms with Gasteiger partial charge in [-0.25, -0.2) is 14.4 Å². The molecule has 0 bridgehead atoms. The van der Waals surface area contributed by atoms with E-state index in [9.17, 15) is 58.5 Å². The van der Waals surface area contributed by atoms with Crippen LogP contribution in [0.1, 0.15) is 82.9 Å². The predicted molar refractivity (Wildman–Crippen MR) is 141 cm³/mol. The summed E-state index contributed by atoms with van der Waals surface area (Å²) in [6.07, 6.45) is 0. The molecular weight excluding hydrogens is 656 g/mol. The first-order valence-electron chi connectivity index (χ1n) is 12.2. The second kappa shape index (κ2) is 19.3. The van der Waals surface area contributed by atoms with E-state index in [0.717, 1.165) is 20.8 Å². The van der Waals surface area contributed by atoms with Crippen LogP contribution in [0.3, 0.4) is 0 Å². The third kappa shape index (κ3) is 13.1. The van der Waals surface area contributed by atoms with Crippen molar-refractivity contribution in [3.05, 3.63) is 106 Å². The smallest absolute Gasteiger partial charge is 0.545 e. The van der Waals surface area contributed by atoms with E-state index < -0.39 is 53.7 Å². The monoisotopic (exact) mass is 677 g/mol. The van der Waals surface area contributed by atoms with Crippen LogP contribution < -0.4 is 15.3 Å². The minimum absolute atomic E-state index is 0. The van der Waals surface area contributed by atoms with E-state index in [1.165, 1.54) is 72.8 Å². The molecule has 239 valence electrons. The zero-order chi connectivity index (χ0) is 34.3. The first-order valence-corrected chi connectivity index (χ1v) is 12.2. The normalized spacial score (nSPS) is 9.20. The Bertz CT molecular complexity index is 1470. The summed E-state index contributed by atoms with van der Waals surface area (Å²) in [5, 5.41) is 31.8. The SMILES string of the molecule is CC(=O)OC(=O)c1ccccc1C(=O)[O-].CC(=O)OC(=O)c1ccccc1C(=O)[O-].CC(=O)OC(=O)c1ccccc1C(=O)[O-].[Fe+3]. The van der Waals surface area contributed by atoms with E-state index in [-0.39, 0.29) is 50.4 Å². The number of carbonyl (C=O) groups excluding carboxylic acids is 9. The van der Waals surface area contributed by atoms with Gasteiger partial charge in [0, 0.05) is 37.5 Å². The number of aromatic carboxylic acids is 3. The third-order valence-electron chi connectivity index (χ3n) is 4.81. The molecule has 3 rings (SSSR count). The molecule has 0 fully saturated rings. The van der Waals surface area contributed by atoms with Crippen molar-refractivity contribution in [1.29, 1.82) is 0 Å². The number of carboxylic acid groups (broad SMARTS) is 3. The summed E-state index contributed by atoms with van der Waals surface area (Å²) in [4.78, 5) is 97.1. The zero-order valence-corrected chi connectivity index (χ0v) is 25.0. The molecule has 46 heavy (non-hydrogen) atoms. The maximum atomic E-state index is 11.2. The zero-order valence-electron chi connectivity index (χ0n) is 23.9. The van der Waals surface area contributed by atoms with Crippen molar-refractivity contribution in [2.45, 2.75) is 20.8 Å². The molecule has 3 aromatic rings. The molecule has 16 heteroatoms. The van der Waals surface area contributed by atoms with Crippen LogP contribution in [0.25, 0.3) is 0 Å². The molecular formula is C30H21FeO15. The molecule has 0 spiro atoms. The Labute approximate surface area is 270 Å². The predicted octanol–water partition coefficient (Wildman–Crippen LogP) is -0.742. The van der Waals surface area contributed by atoms with E-state index in [0.29, 0.717) is 0 Å². The van der Waals surface area contributed by atoms with Crippen LogP contribution in [-0.2, 0) is 45.7 Å². The molecule has 0 amide bonds. The molecule has 0 atom stereocenters. The van der Waals surface area contributed by atoms with Crippen LogP contribution in [-0.4, -0.2) is 53.7 Å². The van der Waals surface area contributed by atoms with Crippen molar-refractivity contribution in [2.75, 3.05) is 0 Å². The summed E-state index contributed by atoms with van der Waals surface area (Å²) in [7, 11) is 0. The van der Waals surface area contributed by atoms with Gasteiger partial charge in [0.2, 0.25) is 0 Å². The Morgan fingerprint density at radius 1 is 0.391 bits per heavy atom. The fourth-order valence-electron chi connectivity index (χ4n) is 3.07. The van der Waals surface area contributed by atoms with E-state index in [4.69, 9.17) is 0 Å². The minimum atomic E-state index is -1.49. The number of hydrogen-bond acceptors (Lipinski definition) is 15. The van der Waals surface area contributed by atoms with E-state index in [1.807, 2.05) is 0 Å². The largest absolute Gasteiger partial charge is 3.00 e. The summed E-state index contributed by atoms with van der Waals surface area (Å²) < 4.78 is 12.8. The molecule has 0 aliphatic heterocycles. The Hall–Kier alpha value is -5.99. The first-order chi connectivity index (χ1) is 21.1. The Kier molecular flexibility index (Phi) is 16.8. The van der Waals surface area contributed by atoms with Gasteiger partial charge >= 0.3 is 52.9 Å². The van der Waals surface area contributed by atoms with Crippen molar-refractivity contribution in [3.8, 4) is 0 Å². The van der Waals surface area contributed by atoms with Crippen molar-refractivity contribution in [3.63, 3.8) is 0 Å². The maximum absolute atomic E-state index is 11.2. The average molecular weight is 677 g/mol. The topological polar surface area (TPSA) is 250 Å². The summed E-state index contributed by atoms with van der Waals surface area (Å²) in [5.74, 6) is -9.87. The number of carboxylic acids is 3. The van der Waals surface area contributed by atoms with Gasteiger partial charge < -0.3 is 43.9 Å². The van der Waals surface area contributed by atoms with E-state index >= 15 is 0 Å². The third-order valence-corrected chi connectivity index (χ3v) is 4.81. The van der Waals surface area contributed by atoms with Crippen LogP contribution in [0.4, 0.5) is 0 Å². The van der Waals surface area contributed by atoms with Crippen molar-refractivity contribution in [2.24, 2.45) is 0 Å². The Morgan fingerprint density at radius 3 is 0.717 bits per heavy atom. The standard InChI is InChI=1S/3C10H8O5.Fe/c3*1-6(11)15-10(14)8-5-3-2-4-7(8)9(12)13;/h3*2-5H,1H3,(H,12,13);/q;;;+3/p-3. The fourth-order valence-corrected chi connectivity index (χ4v) is 3.07. The van der Waals surface area contributed by atoms with Crippen LogP contribution in [0, 0.1) is 0 Å². The summed E-state index contributed by atoms with van der Waals surface area (Å²) in [5.41, 5.74) is -1.51. The van der Waals surface area contributed by atoms with E-state index in [2.05, 4.69) is 14.2 Å². The summed E-state index contributed by atoms with van der Waals surface area (Å²) >= 11 is 0. The van der Waals surface area contributed by atoms with Crippen LogP contribution in [0.15, 0.2) is 72.8 Å². The second-order valence-corrected chi connectivity index (χ2v) is 8.14. The minimum Gasteiger partial charge on any atom is -0.545 e. The second-order valence-electron chi connectivity index (χ2n) is 8.14. The molecule has 0 N–H and O–H groups in total. The number of carbonyl (C=O) groups is 9. The average Bonchev–Trinajstić information content (AvgIpc) is 2.96. The van der Waals surface area contributed by atoms with Crippen molar-refractivity contribution >= 4 is 53.7 Å². The fraction of sp³-hybridized carbons (Fsp3) is 0.100. The van der Waals surface area contributed by atoms with Crippen LogP contribution in [0.5, 0.6) is 0 Å². The van der Waals surface area contributed by atoms with Crippen molar-refractivity contribution < 1.29 is 89.7 Å². The van der Waals surface area contributed by atoms with Crippen LogP contribution >= 0.6 is 0 Å². The van der Waals surface area contributed by atoms with Gasteiger partial charge in [-0.1, -0.05) is 54.6 Å². The number of hydrogen-bond donors (Lipinski definition) is 0. The van der Waals surface area contributed by atoms with Gasteiger partial charge in [-0.3, -0.25) is 14.4 Å². The molecule has 0 saturated heterocycles. The Morgan fingerprint density at radius 2 is 0.565 bits per heavy atom. The molecule has 0 aromatic heterocycles. The van der Waals surface area contributed by atoms with Gasteiger partial charge in [0.15, 0.2) is 0 Å². The molecule has 1 radical (unpaired) electrons. The van der Waals surface area contributed by atoms with Gasteiger partial charge in [-0.05, 0) is 18.2 Å². The van der Waals surface area contributed by atoms with Gasteiger partial charge in [0.1, 0.15) is 0 Å². The van der Waals surface area contributed by atoms with Crippen LogP contribution in [0.2, 0.25) is 0 Å². The molecule has 0 heterocycles. The first kappa shape index (κ1) is 40.0. The van der Waals surface area contributed by atoms with Gasteiger partial charge in [-0.2, -0.15) is 0 Å². The van der Waals surface area contributed by atoms with Crippen molar-refractivity contribution in [1.82, 2.24) is 0 Å². The van der Waals surface area contributed by atoms with Gasteiger partial charge in [0.25, 0.3) is 0 Å².